The van der Waals surface area contributed by atoms with Gasteiger partial charge in [-0.1, -0.05) is 74.5 Å². The summed E-state index contributed by atoms with van der Waals surface area (Å²) in [5.41, 5.74) is 5.52. The monoisotopic (exact) mass is 368 g/mol. The van der Waals surface area contributed by atoms with E-state index in [2.05, 4.69) is 39.8 Å². The Kier molecular flexibility index (Phi) is 10.6. The predicted octanol–water partition coefficient (Wildman–Crippen LogP) is 5.32. The highest BCUT2D eigenvalue weighted by Crippen LogP contribution is 2.11. The van der Waals surface area contributed by atoms with Crippen molar-refractivity contribution in [3.8, 4) is 0 Å². The lowest BCUT2D eigenvalue weighted by molar-refractivity contribution is 0.0569. The van der Waals surface area contributed by atoms with Crippen LogP contribution in [0.15, 0.2) is 76.0 Å². The lowest BCUT2D eigenvalue weighted by Crippen LogP contribution is -2.18. The molecule has 0 heterocycles. The fraction of sp³-hybridized carbons (Fsp3) is 0.409. The Labute approximate surface area is 163 Å². The van der Waals surface area contributed by atoms with Gasteiger partial charge in [-0.05, 0) is 37.8 Å². The van der Waals surface area contributed by atoms with Crippen molar-refractivity contribution in [1.29, 1.82) is 0 Å². The zero-order valence-corrected chi connectivity index (χ0v) is 16.9. The van der Waals surface area contributed by atoms with Gasteiger partial charge in [0.2, 0.25) is 0 Å². The normalized spacial score (nSPS) is 13.6. The van der Waals surface area contributed by atoms with E-state index in [1.54, 1.807) is 6.92 Å². The summed E-state index contributed by atoms with van der Waals surface area (Å²) < 4.78 is 0. The summed E-state index contributed by atoms with van der Waals surface area (Å²) in [5.74, 6) is 0. The molecular formula is C22H32N4O. The average Bonchev–Trinajstić information content (AvgIpc) is 2.70. The lowest BCUT2D eigenvalue weighted by Gasteiger charge is -2.12. The third-order valence-electron chi connectivity index (χ3n) is 3.96. The van der Waals surface area contributed by atoms with Gasteiger partial charge in [-0.15, -0.1) is 0 Å². The standard InChI is InChI=1S/C11H16N2O.C11H16N2/c1-3-11(2,14)13-12-9-10-7-5-4-6-8-10;1-3-10(2)13-12-9-11-7-5-4-6-8-11/h4-8,14H,3,9H2,1-2H3;4-8,12H,3,9H2,1-2H3. The summed E-state index contributed by atoms with van der Waals surface area (Å²) in [5, 5.41) is 21.6. The first-order valence-corrected chi connectivity index (χ1v) is 9.41. The van der Waals surface area contributed by atoms with Crippen molar-refractivity contribution < 1.29 is 5.11 Å². The zero-order chi connectivity index (χ0) is 20.0. The summed E-state index contributed by atoms with van der Waals surface area (Å²) >= 11 is 0. The highest BCUT2D eigenvalue weighted by Gasteiger charge is 2.14. The van der Waals surface area contributed by atoms with Gasteiger partial charge in [-0.3, -0.25) is 0 Å². The molecule has 0 saturated carbocycles. The van der Waals surface area contributed by atoms with Crippen LogP contribution in [0.4, 0.5) is 0 Å². The Morgan fingerprint density at radius 1 is 0.963 bits per heavy atom. The fourth-order valence-electron chi connectivity index (χ4n) is 1.86. The molecule has 0 aliphatic rings. The third kappa shape index (κ3) is 10.9. The largest absolute Gasteiger partial charge is 0.368 e. The van der Waals surface area contributed by atoms with Crippen LogP contribution in [0, 0.1) is 0 Å². The molecule has 0 fully saturated rings. The summed E-state index contributed by atoms with van der Waals surface area (Å²) in [4.78, 5) is 0. The van der Waals surface area contributed by atoms with Crippen LogP contribution in [0.3, 0.4) is 0 Å². The molecule has 1 unspecified atom stereocenters. The molecule has 146 valence electrons. The molecule has 0 amide bonds. The Hall–Kier alpha value is -2.53. The Morgan fingerprint density at radius 2 is 1.52 bits per heavy atom. The van der Waals surface area contributed by atoms with Crippen LogP contribution in [0.25, 0.3) is 0 Å². The van der Waals surface area contributed by atoms with Crippen LogP contribution < -0.4 is 5.43 Å². The van der Waals surface area contributed by atoms with Crippen molar-refractivity contribution in [2.45, 2.75) is 59.4 Å². The van der Waals surface area contributed by atoms with Crippen LogP contribution >= 0.6 is 0 Å². The molecule has 0 aliphatic heterocycles. The van der Waals surface area contributed by atoms with E-state index in [0.29, 0.717) is 13.0 Å². The quantitative estimate of drug-likeness (QED) is 0.376. The van der Waals surface area contributed by atoms with Crippen molar-refractivity contribution in [1.82, 2.24) is 5.43 Å². The van der Waals surface area contributed by atoms with E-state index < -0.39 is 5.72 Å². The van der Waals surface area contributed by atoms with E-state index in [0.717, 1.165) is 24.2 Å². The van der Waals surface area contributed by atoms with E-state index >= 15 is 0 Å². The number of aliphatic hydroxyl groups is 1. The molecule has 2 aromatic rings. The van der Waals surface area contributed by atoms with Crippen molar-refractivity contribution >= 4 is 5.71 Å². The van der Waals surface area contributed by atoms with E-state index in [9.17, 15) is 5.11 Å². The molecule has 0 aromatic heterocycles. The van der Waals surface area contributed by atoms with Crippen LogP contribution in [0.1, 0.15) is 51.7 Å². The van der Waals surface area contributed by atoms with Crippen LogP contribution in [-0.4, -0.2) is 16.5 Å². The number of nitrogens with one attached hydrogen (secondary N) is 1. The maximum Gasteiger partial charge on any atom is 0.172 e. The Morgan fingerprint density at radius 3 is 2.04 bits per heavy atom. The summed E-state index contributed by atoms with van der Waals surface area (Å²) in [6.07, 6.45) is 1.58. The molecule has 0 spiro atoms. The smallest absolute Gasteiger partial charge is 0.172 e. The number of rotatable bonds is 8. The van der Waals surface area contributed by atoms with Gasteiger partial charge in [0.15, 0.2) is 5.72 Å². The highest BCUT2D eigenvalue weighted by molar-refractivity contribution is 5.81. The summed E-state index contributed by atoms with van der Waals surface area (Å²) in [7, 11) is 0. The van der Waals surface area contributed by atoms with Gasteiger partial charge in [0.05, 0.1) is 13.1 Å². The number of hydrazone groups is 1. The van der Waals surface area contributed by atoms with Gasteiger partial charge in [0.1, 0.15) is 0 Å². The Bertz CT molecular complexity index is 682. The molecule has 27 heavy (non-hydrogen) atoms. The molecule has 5 nitrogen and oxygen atoms in total. The molecule has 5 heteroatoms. The van der Waals surface area contributed by atoms with Gasteiger partial charge in [0.25, 0.3) is 0 Å². The van der Waals surface area contributed by atoms with Crippen molar-refractivity contribution in [3.63, 3.8) is 0 Å². The number of azo groups is 1. The first-order valence-electron chi connectivity index (χ1n) is 9.41. The minimum Gasteiger partial charge on any atom is -0.368 e. The first-order chi connectivity index (χ1) is 13.0. The number of hydrogen-bond donors (Lipinski definition) is 2. The molecule has 0 aliphatic carbocycles. The van der Waals surface area contributed by atoms with Crippen LogP contribution in [0.2, 0.25) is 0 Å². The van der Waals surface area contributed by atoms with Gasteiger partial charge >= 0.3 is 0 Å². The zero-order valence-electron chi connectivity index (χ0n) is 16.9. The van der Waals surface area contributed by atoms with E-state index in [4.69, 9.17) is 0 Å². The predicted molar refractivity (Wildman–Crippen MR) is 113 cm³/mol. The van der Waals surface area contributed by atoms with Crippen molar-refractivity contribution in [2.24, 2.45) is 15.3 Å². The number of hydrogen-bond acceptors (Lipinski definition) is 5. The summed E-state index contributed by atoms with van der Waals surface area (Å²) in [6.45, 7) is 8.99. The number of nitrogens with zero attached hydrogens (tertiary/aromatic N) is 3. The molecule has 1 atom stereocenters. The lowest BCUT2D eigenvalue weighted by atomic mass is 10.2. The first kappa shape index (κ1) is 22.5. The van der Waals surface area contributed by atoms with Crippen molar-refractivity contribution in [2.75, 3.05) is 0 Å². The second kappa shape index (κ2) is 12.8. The molecule has 2 N–H and O–H groups in total. The van der Waals surface area contributed by atoms with E-state index in [1.807, 2.05) is 62.4 Å². The molecule has 2 rings (SSSR count). The molecule has 0 radical (unpaired) electrons. The maximum atomic E-state index is 9.54. The van der Waals surface area contributed by atoms with Gasteiger partial charge in [0, 0.05) is 5.71 Å². The van der Waals surface area contributed by atoms with Crippen LogP contribution in [0.5, 0.6) is 0 Å². The topological polar surface area (TPSA) is 69.3 Å². The minimum atomic E-state index is -1.02. The average molecular weight is 369 g/mol. The highest BCUT2D eigenvalue weighted by atomic mass is 16.3. The van der Waals surface area contributed by atoms with Crippen molar-refractivity contribution in [3.05, 3.63) is 71.8 Å². The number of benzene rings is 2. The van der Waals surface area contributed by atoms with Gasteiger partial charge in [-0.2, -0.15) is 15.3 Å². The fourth-order valence-corrected chi connectivity index (χ4v) is 1.86. The molecule has 2 aromatic carbocycles. The maximum absolute atomic E-state index is 9.54. The van der Waals surface area contributed by atoms with Crippen LogP contribution in [-0.2, 0) is 13.1 Å². The minimum absolute atomic E-state index is 0.525. The molecular weight excluding hydrogens is 336 g/mol. The SMILES string of the molecule is CCC(C)(O)N=NCc1ccccc1.CCC(C)=NNCc1ccccc1. The molecule has 0 bridgehead atoms. The van der Waals surface area contributed by atoms with Gasteiger partial charge in [-0.25, -0.2) is 0 Å². The second-order valence-electron chi connectivity index (χ2n) is 6.48. The van der Waals surface area contributed by atoms with E-state index in [1.165, 1.54) is 5.56 Å². The van der Waals surface area contributed by atoms with E-state index in [-0.39, 0.29) is 0 Å². The Balaban J connectivity index is 0.000000271. The third-order valence-corrected chi connectivity index (χ3v) is 3.96. The second-order valence-corrected chi connectivity index (χ2v) is 6.48. The molecule has 0 saturated heterocycles. The van der Waals surface area contributed by atoms with Gasteiger partial charge < -0.3 is 10.5 Å². The summed E-state index contributed by atoms with van der Waals surface area (Å²) in [6, 6.07) is 20.1.